The van der Waals surface area contributed by atoms with Crippen LogP contribution in [-0.4, -0.2) is 77.1 Å². The zero-order chi connectivity index (χ0) is 15.8. The number of amides is 2. The van der Waals surface area contributed by atoms with Gasteiger partial charge >= 0.3 is 12.0 Å². The molecule has 0 aromatic rings. The molecule has 0 aliphatic carbocycles. The summed E-state index contributed by atoms with van der Waals surface area (Å²) in [4.78, 5) is 30.0. The zero-order valence-electron chi connectivity index (χ0n) is 13.6. The zero-order valence-corrected chi connectivity index (χ0v) is 13.6. The van der Waals surface area contributed by atoms with Gasteiger partial charge in [0.2, 0.25) is 0 Å². The number of hydrogen-bond acceptors (Lipinski definition) is 3. The summed E-state index contributed by atoms with van der Waals surface area (Å²) in [6, 6.07) is -0.0108. The maximum atomic E-state index is 12.7. The maximum absolute atomic E-state index is 12.7. The normalized spacial score (nSPS) is 30.3. The van der Waals surface area contributed by atoms with Crippen LogP contribution < -0.4 is 0 Å². The minimum atomic E-state index is -0.810. The van der Waals surface area contributed by atoms with Crippen molar-refractivity contribution in [3.63, 3.8) is 0 Å². The van der Waals surface area contributed by atoms with Crippen molar-refractivity contribution >= 4 is 12.0 Å². The van der Waals surface area contributed by atoms with Gasteiger partial charge in [0.1, 0.15) is 0 Å². The Morgan fingerprint density at radius 1 is 1.00 bits per heavy atom. The fourth-order valence-corrected chi connectivity index (χ4v) is 3.18. The highest BCUT2D eigenvalue weighted by Crippen LogP contribution is 2.31. The van der Waals surface area contributed by atoms with E-state index in [1.54, 1.807) is 11.8 Å². The molecule has 6 nitrogen and oxygen atoms in total. The van der Waals surface area contributed by atoms with Gasteiger partial charge in [-0.3, -0.25) is 9.69 Å². The predicted octanol–water partition coefficient (Wildman–Crippen LogP) is 1.32. The number of rotatable bonds is 1. The molecule has 2 aliphatic rings. The van der Waals surface area contributed by atoms with E-state index in [4.69, 9.17) is 0 Å². The largest absolute Gasteiger partial charge is 0.481 e. The van der Waals surface area contributed by atoms with Crippen LogP contribution in [-0.2, 0) is 4.79 Å². The smallest absolute Gasteiger partial charge is 0.320 e. The van der Waals surface area contributed by atoms with Crippen LogP contribution in [0.1, 0.15) is 33.6 Å². The van der Waals surface area contributed by atoms with Crippen LogP contribution in [0.15, 0.2) is 0 Å². The lowest BCUT2D eigenvalue weighted by Gasteiger charge is -2.47. The van der Waals surface area contributed by atoms with E-state index >= 15 is 0 Å². The first-order chi connectivity index (χ1) is 9.66. The number of likely N-dealkylation sites (tertiary alicyclic amines) is 1. The van der Waals surface area contributed by atoms with Gasteiger partial charge in [-0.1, -0.05) is 0 Å². The molecule has 2 heterocycles. The highest BCUT2D eigenvalue weighted by molar-refractivity contribution is 5.78. The van der Waals surface area contributed by atoms with Gasteiger partial charge in [0.05, 0.1) is 5.41 Å². The third-order valence-electron chi connectivity index (χ3n) is 5.07. The molecular weight excluding hydrogens is 270 g/mol. The van der Waals surface area contributed by atoms with Gasteiger partial charge in [0.15, 0.2) is 0 Å². The minimum Gasteiger partial charge on any atom is -0.481 e. The van der Waals surface area contributed by atoms with E-state index in [0.29, 0.717) is 32.6 Å². The molecule has 0 saturated carbocycles. The number of aliphatic carboxylic acids is 1. The molecule has 0 bridgehead atoms. The van der Waals surface area contributed by atoms with Crippen molar-refractivity contribution in [1.29, 1.82) is 0 Å². The third kappa shape index (κ3) is 3.15. The molecule has 1 unspecified atom stereocenters. The van der Waals surface area contributed by atoms with E-state index in [2.05, 4.69) is 25.8 Å². The molecule has 0 radical (unpaired) electrons. The molecule has 6 heteroatoms. The van der Waals surface area contributed by atoms with E-state index in [1.165, 1.54) is 0 Å². The van der Waals surface area contributed by atoms with Crippen LogP contribution in [0.5, 0.6) is 0 Å². The monoisotopic (exact) mass is 297 g/mol. The Morgan fingerprint density at radius 2 is 1.62 bits per heavy atom. The topological polar surface area (TPSA) is 64.1 Å². The fourth-order valence-electron chi connectivity index (χ4n) is 3.18. The molecule has 2 aliphatic heterocycles. The average Bonchev–Trinajstić information content (AvgIpc) is 2.41. The molecule has 1 N–H and O–H groups in total. The van der Waals surface area contributed by atoms with E-state index in [9.17, 15) is 14.7 Å². The lowest BCUT2D eigenvalue weighted by atomic mass is 9.82. The Labute approximate surface area is 126 Å². The van der Waals surface area contributed by atoms with Crippen molar-refractivity contribution in [3.05, 3.63) is 0 Å². The van der Waals surface area contributed by atoms with Gasteiger partial charge < -0.3 is 14.9 Å². The lowest BCUT2D eigenvalue weighted by Crippen LogP contribution is -2.62. The number of urea groups is 1. The molecule has 2 saturated heterocycles. The number of hydrogen-bond donors (Lipinski definition) is 1. The summed E-state index contributed by atoms with van der Waals surface area (Å²) >= 11 is 0. The van der Waals surface area contributed by atoms with Crippen molar-refractivity contribution in [2.45, 2.75) is 39.2 Å². The first-order valence-electron chi connectivity index (χ1n) is 7.64. The maximum Gasteiger partial charge on any atom is 0.320 e. The summed E-state index contributed by atoms with van der Waals surface area (Å²) in [5.41, 5.74) is -0.851. The number of carboxylic acids is 1. The number of piperidine rings is 1. The SMILES string of the molecule is CN1CCN(C(=O)N2CCCC(C)(C(=O)O)C2)CC1(C)C. The number of nitrogens with zero attached hydrogens (tertiary/aromatic N) is 3. The van der Waals surface area contributed by atoms with Gasteiger partial charge in [-0.25, -0.2) is 4.79 Å². The molecule has 0 aromatic carbocycles. The molecule has 120 valence electrons. The Bertz CT molecular complexity index is 438. The van der Waals surface area contributed by atoms with Gasteiger partial charge in [-0.15, -0.1) is 0 Å². The number of piperazine rings is 1. The molecule has 1 atom stereocenters. The Hall–Kier alpha value is -1.30. The molecule has 21 heavy (non-hydrogen) atoms. The summed E-state index contributed by atoms with van der Waals surface area (Å²) in [5, 5.41) is 9.37. The third-order valence-corrected chi connectivity index (χ3v) is 5.07. The number of likely N-dealkylation sites (N-methyl/N-ethyl adjacent to an activating group) is 1. The van der Waals surface area contributed by atoms with Gasteiger partial charge in [0.25, 0.3) is 0 Å². The van der Waals surface area contributed by atoms with Gasteiger partial charge in [-0.05, 0) is 40.7 Å². The van der Waals surface area contributed by atoms with E-state index in [1.807, 2.05) is 4.90 Å². The predicted molar refractivity (Wildman–Crippen MR) is 80.2 cm³/mol. The number of carbonyl (C=O) groups excluding carboxylic acids is 1. The number of carbonyl (C=O) groups is 2. The first-order valence-corrected chi connectivity index (χ1v) is 7.64. The summed E-state index contributed by atoms with van der Waals surface area (Å²) in [7, 11) is 2.07. The standard InChI is InChI=1S/C15H27N3O3/c1-14(2)10-18(9-8-16(14)4)13(21)17-7-5-6-15(3,11-17)12(19)20/h5-11H2,1-4H3,(H,19,20). The van der Waals surface area contributed by atoms with Crippen molar-refractivity contribution in [3.8, 4) is 0 Å². The average molecular weight is 297 g/mol. The first kappa shape index (κ1) is 16.1. The lowest BCUT2D eigenvalue weighted by molar-refractivity contribution is -0.150. The van der Waals surface area contributed by atoms with Crippen LogP contribution in [0.2, 0.25) is 0 Å². The quantitative estimate of drug-likeness (QED) is 0.793. The summed E-state index contributed by atoms with van der Waals surface area (Å²) in [6.07, 6.45) is 1.39. The van der Waals surface area contributed by atoms with Gasteiger partial charge in [0, 0.05) is 38.3 Å². The molecule has 0 aromatic heterocycles. The second-order valence-electron chi connectivity index (χ2n) is 7.33. The summed E-state index contributed by atoms with van der Waals surface area (Å²) in [6.45, 7) is 9.21. The molecule has 2 amide bonds. The van der Waals surface area contributed by atoms with Crippen molar-refractivity contribution in [2.75, 3.05) is 39.8 Å². The second-order valence-corrected chi connectivity index (χ2v) is 7.33. The van der Waals surface area contributed by atoms with Crippen molar-refractivity contribution < 1.29 is 14.7 Å². The summed E-state index contributed by atoms with van der Waals surface area (Å²) in [5.74, 6) is -0.807. The van der Waals surface area contributed by atoms with E-state index in [-0.39, 0.29) is 11.6 Å². The van der Waals surface area contributed by atoms with Crippen molar-refractivity contribution in [1.82, 2.24) is 14.7 Å². The minimum absolute atomic E-state index is 0.0108. The number of carboxylic acid groups (broad SMARTS) is 1. The molecule has 2 rings (SSSR count). The molecule has 0 spiro atoms. The van der Waals surface area contributed by atoms with E-state index in [0.717, 1.165) is 13.0 Å². The fraction of sp³-hybridized carbons (Fsp3) is 0.867. The molecular formula is C15H27N3O3. The van der Waals surface area contributed by atoms with Crippen LogP contribution >= 0.6 is 0 Å². The highest BCUT2D eigenvalue weighted by Gasteiger charge is 2.42. The van der Waals surface area contributed by atoms with Gasteiger partial charge in [-0.2, -0.15) is 0 Å². The Morgan fingerprint density at radius 3 is 2.19 bits per heavy atom. The highest BCUT2D eigenvalue weighted by atomic mass is 16.4. The van der Waals surface area contributed by atoms with Crippen molar-refractivity contribution in [2.24, 2.45) is 5.41 Å². The Kier molecular flexibility index (Phi) is 4.19. The summed E-state index contributed by atoms with van der Waals surface area (Å²) < 4.78 is 0. The second kappa shape index (κ2) is 5.48. The van der Waals surface area contributed by atoms with E-state index < -0.39 is 11.4 Å². The molecule has 2 fully saturated rings. The van der Waals surface area contributed by atoms with Crippen LogP contribution in [0.3, 0.4) is 0 Å². The van der Waals surface area contributed by atoms with Crippen LogP contribution in [0.25, 0.3) is 0 Å². The van der Waals surface area contributed by atoms with Crippen LogP contribution in [0.4, 0.5) is 4.79 Å². The Balaban J connectivity index is 2.05. The van der Waals surface area contributed by atoms with Crippen LogP contribution in [0, 0.1) is 5.41 Å².